The maximum absolute atomic E-state index is 12.3. The number of nitrogens with one attached hydrogen (secondary N) is 1. The number of nitrogens with zero attached hydrogens (tertiary/aromatic N) is 2. The number of sulfonamides is 1. The minimum absolute atomic E-state index is 0.0336. The fraction of sp³-hybridized carbons (Fsp3) is 0.286. The fourth-order valence-corrected chi connectivity index (χ4v) is 2.86. The normalized spacial score (nSPS) is 12.2. The quantitative estimate of drug-likeness (QED) is 0.940. The van der Waals surface area contributed by atoms with Gasteiger partial charge in [-0.15, -0.1) is 0 Å². The van der Waals surface area contributed by atoms with Crippen LogP contribution in [0.5, 0.6) is 0 Å². The van der Waals surface area contributed by atoms with Crippen molar-refractivity contribution in [2.24, 2.45) is 0 Å². The zero-order valence-corrected chi connectivity index (χ0v) is 13.5. The summed E-state index contributed by atoms with van der Waals surface area (Å²) in [6.45, 7) is 6.20. The van der Waals surface area contributed by atoms with Crippen molar-refractivity contribution in [1.82, 2.24) is 9.97 Å². The Kier molecular flexibility index (Phi) is 4.20. The molecule has 0 aliphatic heterocycles. The summed E-state index contributed by atoms with van der Waals surface area (Å²) in [7, 11) is -3.70. The highest BCUT2D eigenvalue weighted by molar-refractivity contribution is 7.92. The molecule has 1 aromatic heterocycles. The molecule has 5 nitrogen and oxygen atoms in total. The van der Waals surface area contributed by atoms with Crippen LogP contribution in [0.15, 0.2) is 41.6 Å². The van der Waals surface area contributed by atoms with Crippen molar-refractivity contribution in [1.29, 1.82) is 0 Å². The van der Waals surface area contributed by atoms with Crippen LogP contribution in [0.1, 0.15) is 26.3 Å². The van der Waals surface area contributed by atoms with Gasteiger partial charge in [0.15, 0.2) is 5.82 Å². The van der Waals surface area contributed by atoms with E-state index >= 15 is 0 Å². The van der Waals surface area contributed by atoms with Crippen LogP contribution in [0.25, 0.3) is 0 Å². The van der Waals surface area contributed by atoms with Gasteiger partial charge in [0.05, 0.1) is 17.3 Å². The van der Waals surface area contributed by atoms with E-state index in [2.05, 4.69) is 35.5 Å². The van der Waals surface area contributed by atoms with E-state index in [1.165, 1.54) is 12.4 Å². The van der Waals surface area contributed by atoms with E-state index in [4.69, 9.17) is 11.6 Å². The van der Waals surface area contributed by atoms with Gasteiger partial charge in [-0.2, -0.15) is 0 Å². The molecule has 0 aliphatic carbocycles. The molecule has 0 bridgehead atoms. The summed E-state index contributed by atoms with van der Waals surface area (Å²) >= 11 is 5.68. The van der Waals surface area contributed by atoms with E-state index in [9.17, 15) is 8.42 Å². The minimum Gasteiger partial charge on any atom is -0.262 e. The van der Waals surface area contributed by atoms with E-state index in [0.29, 0.717) is 0 Å². The van der Waals surface area contributed by atoms with Crippen LogP contribution in [-0.4, -0.2) is 18.4 Å². The average Bonchev–Trinajstić information content (AvgIpc) is 2.37. The molecule has 1 aromatic carbocycles. The second-order valence-electron chi connectivity index (χ2n) is 5.61. The first kappa shape index (κ1) is 15.7. The second-order valence-corrected chi connectivity index (χ2v) is 7.68. The van der Waals surface area contributed by atoms with Crippen LogP contribution in [0.3, 0.4) is 0 Å². The summed E-state index contributed by atoms with van der Waals surface area (Å²) in [4.78, 5) is 7.80. The summed E-state index contributed by atoms with van der Waals surface area (Å²) in [5.74, 6) is 0.0856. The van der Waals surface area contributed by atoms with Crippen molar-refractivity contribution in [2.75, 3.05) is 4.72 Å². The number of benzene rings is 1. The first-order chi connectivity index (χ1) is 9.68. The van der Waals surface area contributed by atoms with E-state index in [0.717, 1.165) is 5.56 Å². The number of anilines is 1. The van der Waals surface area contributed by atoms with Gasteiger partial charge in [0.25, 0.3) is 10.0 Å². The SMILES string of the molecule is CC(C)(C)c1ccc(S(=O)(=O)Nc2cncc(Cl)n2)cc1. The molecular weight excluding hydrogens is 310 g/mol. The fourth-order valence-electron chi connectivity index (χ4n) is 1.72. The lowest BCUT2D eigenvalue weighted by Crippen LogP contribution is -2.15. The molecule has 0 aliphatic rings. The maximum atomic E-state index is 12.3. The lowest BCUT2D eigenvalue weighted by molar-refractivity contribution is 0.587. The van der Waals surface area contributed by atoms with Gasteiger partial charge in [-0.1, -0.05) is 44.5 Å². The lowest BCUT2D eigenvalue weighted by Gasteiger charge is -2.19. The van der Waals surface area contributed by atoms with Crippen molar-refractivity contribution in [2.45, 2.75) is 31.1 Å². The molecule has 0 saturated carbocycles. The zero-order chi connectivity index (χ0) is 15.7. The van der Waals surface area contributed by atoms with Gasteiger partial charge in [-0.3, -0.25) is 9.71 Å². The molecule has 1 heterocycles. The third-order valence-electron chi connectivity index (χ3n) is 2.87. The van der Waals surface area contributed by atoms with Crippen molar-refractivity contribution < 1.29 is 8.42 Å². The second kappa shape index (κ2) is 5.61. The highest BCUT2D eigenvalue weighted by Gasteiger charge is 2.18. The maximum Gasteiger partial charge on any atom is 0.263 e. The van der Waals surface area contributed by atoms with Crippen LogP contribution >= 0.6 is 11.6 Å². The summed E-state index contributed by atoms with van der Waals surface area (Å²) in [6, 6.07) is 6.75. The molecule has 1 N–H and O–H groups in total. The van der Waals surface area contributed by atoms with Gasteiger partial charge in [0.2, 0.25) is 0 Å². The Hall–Kier alpha value is -1.66. The first-order valence-electron chi connectivity index (χ1n) is 6.29. The van der Waals surface area contributed by atoms with Gasteiger partial charge in [-0.25, -0.2) is 13.4 Å². The molecule has 0 saturated heterocycles. The van der Waals surface area contributed by atoms with Crippen LogP contribution in [0, 0.1) is 0 Å². The van der Waals surface area contributed by atoms with E-state index in [1.54, 1.807) is 24.3 Å². The van der Waals surface area contributed by atoms with Crippen LogP contribution < -0.4 is 4.72 Å². The Balaban J connectivity index is 2.28. The lowest BCUT2D eigenvalue weighted by atomic mass is 9.87. The van der Waals surface area contributed by atoms with Gasteiger partial charge in [0, 0.05) is 0 Å². The van der Waals surface area contributed by atoms with E-state index in [-0.39, 0.29) is 21.3 Å². The summed E-state index contributed by atoms with van der Waals surface area (Å²) in [5.41, 5.74) is 1.03. The number of halogens is 1. The monoisotopic (exact) mass is 325 g/mol. The highest BCUT2D eigenvalue weighted by Crippen LogP contribution is 2.24. The van der Waals surface area contributed by atoms with Crippen LogP contribution in [-0.2, 0) is 15.4 Å². The molecule has 0 unspecified atom stereocenters. The van der Waals surface area contributed by atoms with E-state index in [1.807, 2.05) is 0 Å². The standard InChI is InChI=1S/C14H16ClN3O2S/c1-14(2,3)10-4-6-11(7-5-10)21(19,20)18-13-9-16-8-12(15)17-13/h4-9H,1-3H3,(H,17,18). The Labute approximate surface area is 129 Å². The average molecular weight is 326 g/mol. The zero-order valence-electron chi connectivity index (χ0n) is 12.0. The molecule has 0 fully saturated rings. The van der Waals surface area contributed by atoms with E-state index < -0.39 is 10.0 Å². The summed E-state index contributed by atoms with van der Waals surface area (Å²) in [5, 5.41) is 0.123. The van der Waals surface area contributed by atoms with Crippen LogP contribution in [0.2, 0.25) is 5.15 Å². The molecule has 0 amide bonds. The molecule has 2 aromatic rings. The largest absolute Gasteiger partial charge is 0.263 e. The van der Waals surface area contributed by atoms with Crippen molar-refractivity contribution in [3.63, 3.8) is 0 Å². The molecule has 7 heteroatoms. The first-order valence-corrected chi connectivity index (χ1v) is 8.15. The third kappa shape index (κ3) is 3.92. The van der Waals surface area contributed by atoms with Gasteiger partial charge in [-0.05, 0) is 23.1 Å². The summed E-state index contributed by atoms with van der Waals surface area (Å²) in [6.07, 6.45) is 2.63. The predicted molar refractivity (Wildman–Crippen MR) is 83.0 cm³/mol. The molecular formula is C14H16ClN3O2S. The predicted octanol–water partition coefficient (Wildman–Crippen LogP) is 3.23. The molecule has 112 valence electrons. The Morgan fingerprint density at radius 2 is 1.71 bits per heavy atom. The molecule has 0 spiro atoms. The Morgan fingerprint density at radius 1 is 1.10 bits per heavy atom. The third-order valence-corrected chi connectivity index (χ3v) is 4.43. The number of aromatic nitrogens is 2. The Morgan fingerprint density at radius 3 is 2.24 bits per heavy atom. The number of rotatable bonds is 3. The Bertz CT molecular complexity index is 738. The minimum atomic E-state index is -3.70. The molecule has 0 atom stereocenters. The number of hydrogen-bond acceptors (Lipinski definition) is 4. The molecule has 0 radical (unpaired) electrons. The molecule has 2 rings (SSSR count). The smallest absolute Gasteiger partial charge is 0.262 e. The van der Waals surface area contributed by atoms with Crippen LogP contribution in [0.4, 0.5) is 5.82 Å². The number of hydrogen-bond donors (Lipinski definition) is 1. The van der Waals surface area contributed by atoms with Crippen molar-refractivity contribution in [3.05, 3.63) is 47.4 Å². The topological polar surface area (TPSA) is 72.0 Å². The highest BCUT2D eigenvalue weighted by atomic mass is 35.5. The van der Waals surface area contributed by atoms with Crippen molar-refractivity contribution >= 4 is 27.4 Å². The van der Waals surface area contributed by atoms with Gasteiger partial charge >= 0.3 is 0 Å². The van der Waals surface area contributed by atoms with Gasteiger partial charge < -0.3 is 0 Å². The van der Waals surface area contributed by atoms with Crippen molar-refractivity contribution in [3.8, 4) is 0 Å². The van der Waals surface area contributed by atoms with Gasteiger partial charge in [0.1, 0.15) is 5.15 Å². The summed E-state index contributed by atoms with van der Waals surface area (Å²) < 4.78 is 26.9. The molecule has 21 heavy (non-hydrogen) atoms.